The second-order valence-corrected chi connectivity index (χ2v) is 9.80. The molecule has 2 rings (SSSR count). The Bertz CT molecular complexity index is 779. The first-order valence-electron chi connectivity index (χ1n) is 8.46. The first kappa shape index (κ1) is 21.2. The number of hydrogen-bond acceptors (Lipinski definition) is 5. The Balaban J connectivity index is 2.23. The van der Waals surface area contributed by atoms with Crippen LogP contribution < -0.4 is 4.74 Å². The van der Waals surface area contributed by atoms with Crippen molar-refractivity contribution < 1.29 is 18.3 Å². The van der Waals surface area contributed by atoms with Gasteiger partial charge in [-0.3, -0.25) is 0 Å². The van der Waals surface area contributed by atoms with Crippen molar-refractivity contribution in [2.45, 2.75) is 30.5 Å². The highest BCUT2D eigenvalue weighted by molar-refractivity contribution is 7.91. The Kier molecular flexibility index (Phi) is 7.91. The summed E-state index contributed by atoms with van der Waals surface area (Å²) < 4.78 is 33.8. The maximum absolute atomic E-state index is 13.1. The molecule has 2 atom stereocenters. The van der Waals surface area contributed by atoms with Gasteiger partial charge in [0, 0.05) is 6.54 Å². The third-order valence-corrected chi connectivity index (χ3v) is 7.92. The van der Waals surface area contributed by atoms with E-state index in [1.54, 1.807) is 6.07 Å². The molecule has 0 aliphatic carbocycles. The molecule has 0 bridgehead atoms. The Labute approximate surface area is 164 Å². The minimum absolute atomic E-state index is 0.00179. The molecule has 0 unspecified atom stereocenters. The van der Waals surface area contributed by atoms with E-state index >= 15 is 0 Å². The summed E-state index contributed by atoms with van der Waals surface area (Å²) in [6.07, 6.45) is 0.752. The summed E-state index contributed by atoms with van der Waals surface area (Å²) in [7, 11) is -3.77. The largest absolute Gasteiger partial charge is 0.492 e. The van der Waals surface area contributed by atoms with Crippen LogP contribution in [0.15, 0.2) is 46.7 Å². The maximum Gasteiger partial charge on any atom is 0.253 e. The second kappa shape index (κ2) is 9.71. The topological polar surface area (TPSA) is 66.8 Å². The summed E-state index contributed by atoms with van der Waals surface area (Å²) in [5, 5.41) is 9.86. The number of rotatable bonds is 10. The zero-order valence-electron chi connectivity index (χ0n) is 14.8. The highest BCUT2D eigenvalue weighted by Gasteiger charge is 2.34. The number of sulfonamides is 1. The van der Waals surface area contributed by atoms with E-state index in [-0.39, 0.29) is 29.9 Å². The summed E-state index contributed by atoms with van der Waals surface area (Å²) in [6.45, 7) is 3.99. The summed E-state index contributed by atoms with van der Waals surface area (Å²) in [5.74, 6) is 0.676. The van der Waals surface area contributed by atoms with Crippen molar-refractivity contribution in [1.82, 2.24) is 4.31 Å². The minimum Gasteiger partial charge on any atom is -0.492 e. The standard InChI is InChI=1S/C18H24ClNO4S2/c1-3-14(2)16(13-21)20(11-12-24-15-7-5-4-6-8-15)26(22,23)18-10-9-17(19)25-18/h4-10,14,16,21H,3,11-13H2,1-2H3/t14-,16+/m0/s1. The van der Waals surface area contributed by atoms with Gasteiger partial charge >= 0.3 is 0 Å². The lowest BCUT2D eigenvalue weighted by Gasteiger charge is -2.32. The van der Waals surface area contributed by atoms with E-state index < -0.39 is 16.1 Å². The lowest BCUT2D eigenvalue weighted by molar-refractivity contribution is 0.131. The third kappa shape index (κ3) is 5.20. The average molecular weight is 418 g/mol. The fraction of sp³-hybridized carbons (Fsp3) is 0.444. The normalized spacial score (nSPS) is 14.3. The van der Waals surface area contributed by atoms with Gasteiger partial charge in [0.1, 0.15) is 16.6 Å². The van der Waals surface area contributed by atoms with Crippen LogP contribution >= 0.6 is 22.9 Å². The van der Waals surface area contributed by atoms with Gasteiger partial charge in [-0.15, -0.1) is 11.3 Å². The summed E-state index contributed by atoms with van der Waals surface area (Å²) in [4.78, 5) is 0. The van der Waals surface area contributed by atoms with Gasteiger partial charge in [0.05, 0.1) is 17.0 Å². The van der Waals surface area contributed by atoms with E-state index in [1.807, 2.05) is 44.2 Å². The minimum atomic E-state index is -3.77. The number of aliphatic hydroxyl groups excluding tert-OH is 1. The molecule has 0 radical (unpaired) electrons. The molecule has 1 N–H and O–H groups in total. The van der Waals surface area contributed by atoms with Crippen molar-refractivity contribution in [3.05, 3.63) is 46.8 Å². The van der Waals surface area contributed by atoms with Crippen LogP contribution in [0, 0.1) is 5.92 Å². The zero-order valence-corrected chi connectivity index (χ0v) is 17.2. The smallest absolute Gasteiger partial charge is 0.253 e. The fourth-order valence-corrected chi connectivity index (χ4v) is 5.92. The van der Waals surface area contributed by atoms with Gasteiger partial charge < -0.3 is 9.84 Å². The van der Waals surface area contributed by atoms with Crippen molar-refractivity contribution in [1.29, 1.82) is 0 Å². The number of thiophene rings is 1. The van der Waals surface area contributed by atoms with E-state index in [4.69, 9.17) is 16.3 Å². The third-order valence-electron chi connectivity index (χ3n) is 4.29. The van der Waals surface area contributed by atoms with E-state index in [0.717, 1.165) is 17.8 Å². The number of aliphatic hydroxyl groups is 1. The molecule has 5 nitrogen and oxygen atoms in total. The van der Waals surface area contributed by atoms with Gasteiger partial charge in [-0.2, -0.15) is 4.31 Å². The van der Waals surface area contributed by atoms with Crippen LogP contribution in [-0.4, -0.2) is 43.6 Å². The van der Waals surface area contributed by atoms with Crippen LogP contribution in [0.4, 0.5) is 0 Å². The highest BCUT2D eigenvalue weighted by Crippen LogP contribution is 2.30. The quantitative estimate of drug-likeness (QED) is 0.637. The molecule has 0 spiro atoms. The summed E-state index contributed by atoms with van der Waals surface area (Å²) in [6, 6.07) is 11.8. The molecule has 0 aliphatic rings. The molecule has 0 aliphatic heterocycles. The first-order chi connectivity index (χ1) is 12.4. The predicted octanol–water partition coefficient (Wildman–Crippen LogP) is 3.88. The average Bonchev–Trinajstić information content (AvgIpc) is 3.08. The van der Waals surface area contributed by atoms with Crippen LogP contribution in [0.2, 0.25) is 4.34 Å². The van der Waals surface area contributed by atoms with E-state index in [9.17, 15) is 13.5 Å². The van der Waals surface area contributed by atoms with Crippen molar-refractivity contribution in [2.24, 2.45) is 5.92 Å². The molecule has 1 aromatic heterocycles. The van der Waals surface area contributed by atoms with Gasteiger partial charge in [0.15, 0.2) is 0 Å². The van der Waals surface area contributed by atoms with E-state index in [1.165, 1.54) is 10.4 Å². The molecule has 0 saturated heterocycles. The van der Waals surface area contributed by atoms with Gasteiger partial charge in [-0.05, 0) is 30.2 Å². The van der Waals surface area contributed by atoms with Crippen molar-refractivity contribution in [3.63, 3.8) is 0 Å². The molecule has 0 saturated carbocycles. The van der Waals surface area contributed by atoms with Crippen LogP contribution in [0.3, 0.4) is 0 Å². The van der Waals surface area contributed by atoms with Crippen molar-refractivity contribution in [2.75, 3.05) is 19.8 Å². The number of nitrogens with zero attached hydrogens (tertiary/aromatic N) is 1. The summed E-state index contributed by atoms with van der Waals surface area (Å²) >= 11 is 6.93. The maximum atomic E-state index is 13.1. The Hall–Kier alpha value is -1.12. The van der Waals surface area contributed by atoms with Crippen LogP contribution in [-0.2, 0) is 10.0 Å². The molecule has 0 amide bonds. The lowest BCUT2D eigenvalue weighted by atomic mass is 10.00. The van der Waals surface area contributed by atoms with Crippen LogP contribution in [0.1, 0.15) is 20.3 Å². The van der Waals surface area contributed by atoms with Crippen molar-refractivity contribution in [3.8, 4) is 5.75 Å². The zero-order chi connectivity index (χ0) is 19.2. The molecule has 1 aromatic carbocycles. The first-order valence-corrected chi connectivity index (χ1v) is 11.1. The predicted molar refractivity (Wildman–Crippen MR) is 105 cm³/mol. The van der Waals surface area contributed by atoms with Crippen LogP contribution in [0.25, 0.3) is 0 Å². The van der Waals surface area contributed by atoms with Crippen LogP contribution in [0.5, 0.6) is 5.75 Å². The Morgan fingerprint density at radius 2 is 1.92 bits per heavy atom. The van der Waals surface area contributed by atoms with E-state index in [2.05, 4.69) is 0 Å². The molecule has 2 aromatic rings. The fourth-order valence-electron chi connectivity index (χ4n) is 2.61. The van der Waals surface area contributed by atoms with E-state index in [0.29, 0.717) is 10.1 Å². The lowest BCUT2D eigenvalue weighted by Crippen LogP contribution is -2.47. The van der Waals surface area contributed by atoms with Gasteiger partial charge in [0.2, 0.25) is 0 Å². The number of benzene rings is 1. The second-order valence-electron chi connectivity index (χ2n) is 5.97. The number of hydrogen-bond donors (Lipinski definition) is 1. The Morgan fingerprint density at radius 1 is 1.23 bits per heavy atom. The molecule has 1 heterocycles. The van der Waals surface area contributed by atoms with Gasteiger partial charge in [0.25, 0.3) is 10.0 Å². The summed E-state index contributed by atoms with van der Waals surface area (Å²) in [5.41, 5.74) is 0. The molecular formula is C18H24ClNO4S2. The monoisotopic (exact) mass is 417 g/mol. The number of para-hydroxylation sites is 1. The molecular weight excluding hydrogens is 394 g/mol. The molecule has 8 heteroatoms. The van der Waals surface area contributed by atoms with Gasteiger partial charge in [-0.25, -0.2) is 8.42 Å². The Morgan fingerprint density at radius 3 is 2.46 bits per heavy atom. The molecule has 144 valence electrons. The highest BCUT2D eigenvalue weighted by atomic mass is 35.5. The molecule has 0 fully saturated rings. The van der Waals surface area contributed by atoms with Crippen molar-refractivity contribution >= 4 is 33.0 Å². The van der Waals surface area contributed by atoms with Gasteiger partial charge in [-0.1, -0.05) is 50.1 Å². The number of ether oxygens (including phenoxy) is 1. The molecule has 26 heavy (non-hydrogen) atoms. The number of halogens is 1. The SMILES string of the molecule is CC[C@H](C)[C@@H](CO)N(CCOc1ccccc1)S(=O)(=O)c1ccc(Cl)s1.